The molecular weight excluding hydrogens is 379 g/mol. The second kappa shape index (κ2) is 9.76. The third-order valence-electron chi connectivity index (χ3n) is 2.70. The van der Waals surface area contributed by atoms with Crippen molar-refractivity contribution in [2.45, 2.75) is 0 Å². The van der Waals surface area contributed by atoms with Crippen molar-refractivity contribution in [1.29, 1.82) is 0 Å². The number of hydrogen-bond donors (Lipinski definition) is 0. The zero-order valence-electron chi connectivity index (χ0n) is 12.1. The van der Waals surface area contributed by atoms with E-state index in [2.05, 4.69) is 36.4 Å². The highest BCUT2D eigenvalue weighted by Crippen LogP contribution is 2.08. The van der Waals surface area contributed by atoms with E-state index in [4.69, 9.17) is 14.2 Å². The Labute approximate surface area is 136 Å². The Hall–Kier alpha value is -1.11. The summed E-state index contributed by atoms with van der Waals surface area (Å²) in [5.41, 5.74) is 0. The van der Waals surface area contributed by atoms with Gasteiger partial charge < -0.3 is 14.2 Å². The monoisotopic (exact) mass is 399 g/mol. The largest absolute Gasteiger partial charge is 0.486 e. The molecule has 0 heterocycles. The lowest BCUT2D eigenvalue weighted by Gasteiger charge is -2.06. The van der Waals surface area contributed by atoms with Crippen molar-refractivity contribution in [2.75, 3.05) is 33.5 Å². The molecule has 0 spiro atoms. The first-order chi connectivity index (χ1) is 10.4. The van der Waals surface area contributed by atoms with E-state index in [0.717, 1.165) is 5.75 Å². The highest BCUT2D eigenvalue weighted by Gasteiger charge is 2.20. The van der Waals surface area contributed by atoms with E-state index in [9.17, 15) is 0 Å². The second-order valence-corrected chi connectivity index (χ2v) is 7.22. The molecule has 0 saturated carbocycles. The smallest absolute Gasteiger partial charge is 0.362 e. The molecule has 3 nitrogen and oxygen atoms in total. The van der Waals surface area contributed by atoms with Crippen molar-refractivity contribution in [1.82, 2.24) is 0 Å². The van der Waals surface area contributed by atoms with Gasteiger partial charge in [0.1, 0.15) is 6.61 Å². The van der Waals surface area contributed by atoms with Crippen LogP contribution in [0.4, 0.5) is 0 Å². The number of methoxy groups -OCH3 is 1. The summed E-state index contributed by atoms with van der Waals surface area (Å²) in [6.45, 7) is 2.38. The Morgan fingerprint density at radius 1 is 0.810 bits per heavy atom. The molecule has 0 aliphatic heterocycles. The minimum Gasteiger partial charge on any atom is -0.486 e. The summed E-state index contributed by atoms with van der Waals surface area (Å²) < 4.78 is 18.9. The van der Waals surface area contributed by atoms with Gasteiger partial charge >= 0.3 is 21.2 Å². The molecule has 0 amide bonds. The van der Waals surface area contributed by atoms with Crippen LogP contribution in [0.15, 0.2) is 54.6 Å². The molecule has 0 atom stereocenters. The molecule has 0 unspecified atom stereocenters. The van der Waals surface area contributed by atoms with Crippen LogP contribution in [0.2, 0.25) is 0 Å². The van der Waals surface area contributed by atoms with Crippen LogP contribution in [0.25, 0.3) is 0 Å². The summed E-state index contributed by atoms with van der Waals surface area (Å²) in [5.74, 6) is 0.976. The Morgan fingerprint density at radius 3 is 2.33 bits per heavy atom. The van der Waals surface area contributed by atoms with Gasteiger partial charge in [-0.3, -0.25) is 0 Å². The van der Waals surface area contributed by atoms with Gasteiger partial charge in [-0.15, -0.1) is 0 Å². The van der Waals surface area contributed by atoms with E-state index in [0.29, 0.717) is 26.4 Å². The van der Waals surface area contributed by atoms with Crippen molar-refractivity contribution in [3.05, 3.63) is 61.7 Å². The summed E-state index contributed by atoms with van der Waals surface area (Å²) in [6, 6.07) is 18.8. The third-order valence-corrected chi connectivity index (χ3v) is 5.51. The minimum absolute atomic E-state index is 0.211. The maximum atomic E-state index is 5.85. The number of benzene rings is 2. The number of ether oxygens (including phenoxy) is 3. The van der Waals surface area contributed by atoms with Crippen molar-refractivity contribution in [3.63, 3.8) is 0 Å². The molecule has 2 aromatic carbocycles. The number of hydrogen-bond acceptors (Lipinski definition) is 3. The molecule has 2 rings (SSSR count). The van der Waals surface area contributed by atoms with Crippen LogP contribution in [0, 0.1) is 7.14 Å². The average Bonchev–Trinajstić information content (AvgIpc) is 2.53. The Morgan fingerprint density at radius 2 is 1.52 bits per heavy atom. The normalized spacial score (nSPS) is 10.5. The van der Waals surface area contributed by atoms with E-state index in [1.807, 2.05) is 18.2 Å². The molecule has 0 aliphatic carbocycles. The fourth-order valence-electron chi connectivity index (χ4n) is 1.69. The predicted octanol–water partition coefficient (Wildman–Crippen LogP) is -0.143. The van der Waals surface area contributed by atoms with Gasteiger partial charge in [0.2, 0.25) is 3.57 Å². The van der Waals surface area contributed by atoms with Crippen molar-refractivity contribution < 1.29 is 35.4 Å². The van der Waals surface area contributed by atoms with E-state index in [1.165, 1.54) is 7.14 Å². The fraction of sp³-hybridized carbons (Fsp3) is 0.294. The molecule has 0 fully saturated rings. The topological polar surface area (TPSA) is 27.7 Å². The summed E-state index contributed by atoms with van der Waals surface area (Å²) >= 11 is -0.211. The molecule has 0 saturated heterocycles. The fourth-order valence-corrected chi connectivity index (χ4v) is 4.12. The number of halogens is 1. The highest BCUT2D eigenvalue weighted by molar-refractivity contribution is 5.20. The van der Waals surface area contributed by atoms with Crippen LogP contribution in [0.3, 0.4) is 0 Å². The number of para-hydroxylation sites is 1. The zero-order valence-corrected chi connectivity index (χ0v) is 14.3. The molecule has 112 valence electrons. The first kappa shape index (κ1) is 16.3. The van der Waals surface area contributed by atoms with Crippen LogP contribution in [0.5, 0.6) is 5.75 Å². The van der Waals surface area contributed by atoms with Crippen molar-refractivity contribution >= 4 is 0 Å². The van der Waals surface area contributed by atoms with E-state index in [-0.39, 0.29) is 21.2 Å². The van der Waals surface area contributed by atoms with Crippen molar-refractivity contribution in [2.24, 2.45) is 0 Å². The highest BCUT2D eigenvalue weighted by atomic mass is 127. The van der Waals surface area contributed by atoms with Crippen LogP contribution in [-0.4, -0.2) is 33.5 Å². The summed E-state index contributed by atoms with van der Waals surface area (Å²) in [4.78, 5) is 0. The lowest BCUT2D eigenvalue weighted by molar-refractivity contribution is -0.598. The van der Waals surface area contributed by atoms with Gasteiger partial charge in [-0.05, 0) is 24.3 Å². The number of rotatable bonds is 9. The molecule has 0 aliphatic rings. The quantitative estimate of drug-likeness (QED) is 0.434. The van der Waals surface area contributed by atoms with E-state index in [1.54, 1.807) is 7.11 Å². The Bertz CT molecular complexity index is 516. The molecule has 0 N–H and O–H groups in total. The van der Waals surface area contributed by atoms with Gasteiger partial charge in [0.15, 0.2) is 9.32 Å². The average molecular weight is 399 g/mol. The van der Waals surface area contributed by atoms with Crippen LogP contribution >= 0.6 is 0 Å². The van der Waals surface area contributed by atoms with Gasteiger partial charge in [-0.2, -0.15) is 0 Å². The minimum atomic E-state index is -0.211. The molecule has 21 heavy (non-hydrogen) atoms. The molecule has 0 aromatic heterocycles. The van der Waals surface area contributed by atoms with Gasteiger partial charge in [-0.1, -0.05) is 30.3 Å². The lowest BCUT2D eigenvalue weighted by atomic mass is 10.3. The molecule has 4 heteroatoms. The first-order valence-corrected chi connectivity index (χ1v) is 9.04. The maximum Gasteiger partial charge on any atom is 0.362 e. The Balaban J connectivity index is 1.85. The van der Waals surface area contributed by atoms with E-state index < -0.39 is 0 Å². The van der Waals surface area contributed by atoms with Crippen LogP contribution in [-0.2, 0) is 9.47 Å². The van der Waals surface area contributed by atoms with Crippen LogP contribution in [0.1, 0.15) is 0 Å². The molecule has 0 radical (unpaired) electrons. The summed E-state index contributed by atoms with van der Waals surface area (Å²) in [5, 5.41) is 0. The standard InChI is InChI=1S/C17H20IO3/c1-19-11-12-20-13-14-21-17-10-6-5-9-16(17)18-15-7-3-2-4-8-15/h2-10H,11-14H2,1H3/q+1. The molecule has 2 aromatic rings. The molecule has 0 bridgehead atoms. The molecular formula is C17H20IO3+. The maximum absolute atomic E-state index is 5.85. The lowest BCUT2D eigenvalue weighted by Crippen LogP contribution is -3.61. The van der Waals surface area contributed by atoms with Gasteiger partial charge in [0.25, 0.3) is 0 Å². The predicted molar refractivity (Wildman–Crippen MR) is 78.5 cm³/mol. The van der Waals surface area contributed by atoms with Gasteiger partial charge in [0.05, 0.1) is 19.8 Å². The van der Waals surface area contributed by atoms with E-state index >= 15 is 0 Å². The summed E-state index contributed by atoms with van der Waals surface area (Å²) in [7, 11) is 1.67. The van der Waals surface area contributed by atoms with Gasteiger partial charge in [0, 0.05) is 7.11 Å². The second-order valence-electron chi connectivity index (χ2n) is 4.27. The van der Waals surface area contributed by atoms with Gasteiger partial charge in [-0.25, -0.2) is 0 Å². The summed E-state index contributed by atoms with van der Waals surface area (Å²) in [6.07, 6.45) is 0. The first-order valence-electron chi connectivity index (χ1n) is 6.88. The Kier molecular flexibility index (Phi) is 7.56. The third kappa shape index (κ3) is 6.03. The van der Waals surface area contributed by atoms with Crippen LogP contribution < -0.4 is 25.9 Å². The SMILES string of the molecule is COCCOCCOc1ccccc1[I+]c1ccccc1. The zero-order chi connectivity index (χ0) is 14.8. The van der Waals surface area contributed by atoms with Crippen molar-refractivity contribution in [3.8, 4) is 5.75 Å².